The van der Waals surface area contributed by atoms with Crippen LogP contribution in [0.1, 0.15) is 21.5 Å². The maximum Gasteiger partial charge on any atom is 0.193 e. The number of rotatable bonds is 3. The van der Waals surface area contributed by atoms with Gasteiger partial charge in [0.25, 0.3) is 0 Å². The molecule has 0 spiro atoms. The number of carbonyl (C=O) groups is 1. The molecule has 2 rings (SSSR count). The van der Waals surface area contributed by atoms with Crippen molar-refractivity contribution in [3.63, 3.8) is 0 Å². The quantitative estimate of drug-likeness (QED) is 0.785. The van der Waals surface area contributed by atoms with Crippen LogP contribution in [0.25, 0.3) is 0 Å². The zero-order valence-corrected chi connectivity index (χ0v) is 11.3. The van der Waals surface area contributed by atoms with Crippen molar-refractivity contribution in [1.82, 2.24) is 0 Å². The molecule has 0 aromatic heterocycles. The molecule has 0 atom stereocenters. The number of hydrogen-bond donors (Lipinski definition) is 0. The van der Waals surface area contributed by atoms with E-state index in [9.17, 15) is 9.18 Å². The van der Waals surface area contributed by atoms with Crippen molar-refractivity contribution >= 4 is 11.5 Å². The van der Waals surface area contributed by atoms with Crippen molar-refractivity contribution in [2.24, 2.45) is 0 Å². The summed E-state index contributed by atoms with van der Waals surface area (Å²) in [6.07, 6.45) is 0. The van der Waals surface area contributed by atoms with Gasteiger partial charge in [-0.15, -0.1) is 0 Å². The number of hydrogen-bond acceptors (Lipinski definition) is 2. The fourth-order valence-corrected chi connectivity index (χ4v) is 1.95. The summed E-state index contributed by atoms with van der Waals surface area (Å²) in [4.78, 5) is 14.2. The van der Waals surface area contributed by atoms with Crippen molar-refractivity contribution in [3.05, 3.63) is 65.0 Å². The molecule has 0 N–H and O–H groups in total. The monoisotopic (exact) mass is 257 g/mol. The highest BCUT2D eigenvalue weighted by atomic mass is 19.1. The normalized spacial score (nSPS) is 10.3. The Morgan fingerprint density at radius 3 is 2.16 bits per heavy atom. The molecule has 0 saturated carbocycles. The van der Waals surface area contributed by atoms with Crippen molar-refractivity contribution in [3.8, 4) is 0 Å². The molecular weight excluding hydrogens is 241 g/mol. The molecule has 2 nitrogen and oxygen atoms in total. The van der Waals surface area contributed by atoms with Gasteiger partial charge in [-0.3, -0.25) is 4.79 Å². The van der Waals surface area contributed by atoms with Crippen LogP contribution in [0.2, 0.25) is 0 Å². The van der Waals surface area contributed by atoms with Gasteiger partial charge in [0.05, 0.1) is 0 Å². The lowest BCUT2D eigenvalue weighted by molar-refractivity contribution is 0.103. The molecule has 19 heavy (non-hydrogen) atoms. The summed E-state index contributed by atoms with van der Waals surface area (Å²) in [7, 11) is 3.87. The molecule has 2 aromatic carbocycles. The van der Waals surface area contributed by atoms with Crippen molar-refractivity contribution in [2.45, 2.75) is 6.92 Å². The van der Waals surface area contributed by atoms with Crippen LogP contribution in [-0.4, -0.2) is 19.9 Å². The Kier molecular flexibility index (Phi) is 3.65. The lowest BCUT2D eigenvalue weighted by atomic mass is 10.0. The highest BCUT2D eigenvalue weighted by Crippen LogP contribution is 2.17. The minimum atomic E-state index is -0.381. The third-order valence-corrected chi connectivity index (χ3v) is 2.95. The van der Waals surface area contributed by atoms with Gasteiger partial charge in [-0.25, -0.2) is 4.39 Å². The molecule has 3 heteroatoms. The summed E-state index contributed by atoms with van der Waals surface area (Å²) in [6.45, 7) is 1.77. The lowest BCUT2D eigenvalue weighted by Crippen LogP contribution is -2.09. The molecule has 0 fully saturated rings. The molecule has 0 aliphatic carbocycles. The summed E-state index contributed by atoms with van der Waals surface area (Å²) in [5.41, 5.74) is 2.71. The van der Waals surface area contributed by atoms with Crippen LogP contribution in [0.5, 0.6) is 0 Å². The number of nitrogens with zero attached hydrogens (tertiary/aromatic N) is 1. The van der Waals surface area contributed by atoms with Gasteiger partial charge in [0.2, 0.25) is 0 Å². The van der Waals surface area contributed by atoms with Crippen molar-refractivity contribution < 1.29 is 9.18 Å². The van der Waals surface area contributed by atoms with Crippen molar-refractivity contribution in [1.29, 1.82) is 0 Å². The summed E-state index contributed by atoms with van der Waals surface area (Å²) in [5.74, 6) is -0.541. The van der Waals surface area contributed by atoms with E-state index >= 15 is 0 Å². The van der Waals surface area contributed by atoms with Gasteiger partial charge in [0.15, 0.2) is 5.78 Å². The van der Waals surface area contributed by atoms with Crippen LogP contribution >= 0.6 is 0 Å². The molecular formula is C16H16FNO. The molecule has 0 amide bonds. The molecule has 0 radical (unpaired) electrons. The van der Waals surface area contributed by atoms with Crippen LogP contribution in [0.3, 0.4) is 0 Å². The van der Waals surface area contributed by atoms with E-state index in [1.165, 1.54) is 12.1 Å². The maximum atomic E-state index is 13.3. The van der Waals surface area contributed by atoms with Crippen LogP contribution in [-0.2, 0) is 0 Å². The average molecular weight is 257 g/mol. The fourth-order valence-electron chi connectivity index (χ4n) is 1.95. The third-order valence-electron chi connectivity index (χ3n) is 2.95. The highest BCUT2D eigenvalue weighted by Gasteiger charge is 2.10. The molecule has 0 bridgehead atoms. The Labute approximate surface area is 112 Å². The Morgan fingerprint density at radius 2 is 1.63 bits per heavy atom. The van der Waals surface area contributed by atoms with Crippen LogP contribution in [0.4, 0.5) is 10.1 Å². The summed E-state index contributed by atoms with van der Waals surface area (Å²) >= 11 is 0. The van der Waals surface area contributed by atoms with E-state index in [4.69, 9.17) is 0 Å². The average Bonchev–Trinajstić information content (AvgIpc) is 2.37. The first-order valence-corrected chi connectivity index (χ1v) is 6.06. The molecule has 98 valence electrons. The Balaban J connectivity index is 2.33. The second-order valence-corrected chi connectivity index (χ2v) is 4.79. The van der Waals surface area contributed by atoms with Gasteiger partial charge in [0.1, 0.15) is 5.82 Å². The van der Waals surface area contributed by atoms with E-state index in [0.717, 1.165) is 11.3 Å². The van der Waals surface area contributed by atoms with Gasteiger partial charge in [0, 0.05) is 30.9 Å². The standard InChI is InChI=1S/C16H16FNO/c1-11-8-13(10-14(17)9-11)16(19)12-4-6-15(7-5-12)18(2)3/h4-10H,1-3H3. The zero-order valence-electron chi connectivity index (χ0n) is 11.3. The summed E-state index contributed by atoms with van der Waals surface area (Å²) in [5, 5.41) is 0. The molecule has 0 aliphatic heterocycles. The minimum Gasteiger partial charge on any atom is -0.378 e. The largest absolute Gasteiger partial charge is 0.378 e. The molecule has 2 aromatic rings. The first-order chi connectivity index (χ1) is 8.97. The van der Waals surface area contributed by atoms with Crippen molar-refractivity contribution in [2.75, 3.05) is 19.0 Å². The second-order valence-electron chi connectivity index (χ2n) is 4.79. The van der Waals surface area contributed by atoms with E-state index in [0.29, 0.717) is 11.1 Å². The highest BCUT2D eigenvalue weighted by molar-refractivity contribution is 6.09. The van der Waals surface area contributed by atoms with E-state index in [1.54, 1.807) is 25.1 Å². The van der Waals surface area contributed by atoms with E-state index in [1.807, 2.05) is 31.1 Å². The maximum absolute atomic E-state index is 13.3. The second kappa shape index (κ2) is 5.22. The first-order valence-electron chi connectivity index (χ1n) is 6.06. The van der Waals surface area contributed by atoms with Crippen LogP contribution < -0.4 is 4.90 Å². The molecule has 0 unspecified atom stereocenters. The van der Waals surface area contributed by atoms with Gasteiger partial charge in [-0.1, -0.05) is 0 Å². The van der Waals surface area contributed by atoms with E-state index in [2.05, 4.69) is 0 Å². The molecule has 0 saturated heterocycles. The molecule has 0 heterocycles. The predicted molar refractivity (Wildman–Crippen MR) is 75.3 cm³/mol. The summed E-state index contributed by atoms with van der Waals surface area (Å²) in [6, 6.07) is 11.7. The Bertz CT molecular complexity index is 582. The summed E-state index contributed by atoms with van der Waals surface area (Å²) < 4.78 is 13.3. The lowest BCUT2D eigenvalue weighted by Gasteiger charge is -2.12. The first kappa shape index (κ1) is 13.3. The Hall–Kier alpha value is -2.16. The van der Waals surface area contributed by atoms with E-state index < -0.39 is 0 Å². The zero-order chi connectivity index (χ0) is 14.0. The SMILES string of the molecule is Cc1cc(F)cc(C(=O)c2ccc(N(C)C)cc2)c1. The predicted octanol–water partition coefficient (Wildman–Crippen LogP) is 3.43. The van der Waals surface area contributed by atoms with Gasteiger partial charge in [-0.2, -0.15) is 0 Å². The van der Waals surface area contributed by atoms with Gasteiger partial charge in [-0.05, 0) is 55.0 Å². The van der Waals surface area contributed by atoms with E-state index in [-0.39, 0.29) is 11.6 Å². The number of carbonyl (C=O) groups excluding carboxylic acids is 1. The van der Waals surface area contributed by atoms with Gasteiger partial charge < -0.3 is 4.90 Å². The third kappa shape index (κ3) is 2.99. The number of benzene rings is 2. The van der Waals surface area contributed by atoms with Crippen LogP contribution in [0.15, 0.2) is 42.5 Å². The number of halogens is 1. The van der Waals surface area contributed by atoms with Gasteiger partial charge >= 0.3 is 0 Å². The Morgan fingerprint density at radius 1 is 1.00 bits per heavy atom. The number of ketones is 1. The number of aryl methyl sites for hydroxylation is 1. The number of anilines is 1. The minimum absolute atomic E-state index is 0.159. The van der Waals surface area contributed by atoms with Crippen LogP contribution in [0, 0.1) is 12.7 Å². The fraction of sp³-hybridized carbons (Fsp3) is 0.188. The molecule has 0 aliphatic rings. The topological polar surface area (TPSA) is 20.3 Å². The smallest absolute Gasteiger partial charge is 0.193 e.